The van der Waals surface area contributed by atoms with Crippen molar-refractivity contribution in [1.29, 1.82) is 0 Å². The molecule has 3 nitrogen and oxygen atoms in total. The van der Waals surface area contributed by atoms with Gasteiger partial charge in [0.05, 0.1) is 12.1 Å². The molecule has 0 saturated heterocycles. The monoisotopic (exact) mass is 293 g/mol. The molecule has 0 amide bonds. The van der Waals surface area contributed by atoms with E-state index >= 15 is 0 Å². The number of benzene rings is 1. The van der Waals surface area contributed by atoms with E-state index in [9.17, 15) is 0 Å². The van der Waals surface area contributed by atoms with E-state index in [2.05, 4.69) is 19.2 Å². The Bertz CT molecular complexity index is 565. The first-order chi connectivity index (χ1) is 9.63. The molecular weight excluding hydrogens is 274 g/mol. The average molecular weight is 294 g/mol. The van der Waals surface area contributed by atoms with Gasteiger partial charge in [0, 0.05) is 18.0 Å². The van der Waals surface area contributed by atoms with Gasteiger partial charge in [0.2, 0.25) is 0 Å². The summed E-state index contributed by atoms with van der Waals surface area (Å²) in [5.74, 6) is 2.46. The molecular formula is C16H20ClNO2. The topological polar surface area (TPSA) is 34.4 Å². The molecule has 1 N–H and O–H groups in total. The molecule has 4 heteroatoms. The molecule has 0 saturated carbocycles. The van der Waals surface area contributed by atoms with Crippen molar-refractivity contribution in [2.24, 2.45) is 0 Å². The highest BCUT2D eigenvalue weighted by Gasteiger charge is 2.10. The van der Waals surface area contributed by atoms with Gasteiger partial charge in [0.1, 0.15) is 17.3 Å². The van der Waals surface area contributed by atoms with Crippen molar-refractivity contribution in [3.63, 3.8) is 0 Å². The third kappa shape index (κ3) is 3.56. The van der Waals surface area contributed by atoms with Gasteiger partial charge in [-0.2, -0.15) is 0 Å². The summed E-state index contributed by atoms with van der Waals surface area (Å²) >= 11 is 6.03. The quantitative estimate of drug-likeness (QED) is 0.869. The minimum absolute atomic E-state index is 0.402. The zero-order chi connectivity index (χ0) is 14.5. The van der Waals surface area contributed by atoms with Crippen molar-refractivity contribution < 1.29 is 9.15 Å². The molecule has 0 fully saturated rings. The predicted octanol–water partition coefficient (Wildman–Crippen LogP) is 4.15. The fourth-order valence-corrected chi connectivity index (χ4v) is 2.37. The molecule has 108 valence electrons. The van der Waals surface area contributed by atoms with E-state index in [0.717, 1.165) is 30.0 Å². The molecule has 0 aliphatic heterocycles. The van der Waals surface area contributed by atoms with E-state index in [1.54, 1.807) is 7.11 Å². The summed E-state index contributed by atoms with van der Waals surface area (Å²) in [4.78, 5) is 0. The van der Waals surface area contributed by atoms with Crippen LogP contribution in [0, 0.1) is 0 Å². The Morgan fingerprint density at radius 2 is 2.10 bits per heavy atom. The van der Waals surface area contributed by atoms with Crippen molar-refractivity contribution in [2.75, 3.05) is 13.7 Å². The molecule has 1 unspecified atom stereocenters. The minimum Gasteiger partial charge on any atom is -0.495 e. The summed E-state index contributed by atoms with van der Waals surface area (Å²) in [5.41, 5.74) is 0.966. The maximum Gasteiger partial charge on any atom is 0.138 e. The zero-order valence-corrected chi connectivity index (χ0v) is 12.8. The molecule has 1 atom stereocenters. The van der Waals surface area contributed by atoms with Crippen LogP contribution >= 0.6 is 11.6 Å². The highest BCUT2D eigenvalue weighted by atomic mass is 35.5. The van der Waals surface area contributed by atoms with Gasteiger partial charge in [0.15, 0.2) is 0 Å². The van der Waals surface area contributed by atoms with Crippen molar-refractivity contribution in [3.8, 4) is 17.1 Å². The largest absolute Gasteiger partial charge is 0.495 e. The van der Waals surface area contributed by atoms with E-state index in [-0.39, 0.29) is 0 Å². The second-order valence-corrected chi connectivity index (χ2v) is 5.19. The lowest BCUT2D eigenvalue weighted by Gasteiger charge is -2.09. The molecule has 1 heterocycles. The van der Waals surface area contributed by atoms with Gasteiger partial charge in [-0.3, -0.25) is 0 Å². The van der Waals surface area contributed by atoms with Gasteiger partial charge >= 0.3 is 0 Å². The second-order valence-electron chi connectivity index (χ2n) is 4.78. The highest BCUT2D eigenvalue weighted by molar-refractivity contribution is 6.32. The summed E-state index contributed by atoms with van der Waals surface area (Å²) < 4.78 is 11.1. The van der Waals surface area contributed by atoms with Crippen molar-refractivity contribution in [1.82, 2.24) is 5.32 Å². The zero-order valence-electron chi connectivity index (χ0n) is 12.1. The van der Waals surface area contributed by atoms with Crippen LogP contribution in [-0.4, -0.2) is 19.7 Å². The summed E-state index contributed by atoms with van der Waals surface area (Å²) in [7, 11) is 1.61. The molecule has 1 aromatic heterocycles. The SMILES string of the molecule is CCNC(C)Cc1ccc(-c2ccc(Cl)c(OC)c2)o1. The van der Waals surface area contributed by atoms with Crippen LogP contribution in [0.1, 0.15) is 19.6 Å². The first-order valence-corrected chi connectivity index (χ1v) is 7.17. The van der Waals surface area contributed by atoms with E-state index in [1.165, 1.54) is 0 Å². The minimum atomic E-state index is 0.402. The van der Waals surface area contributed by atoms with Gasteiger partial charge in [0.25, 0.3) is 0 Å². The van der Waals surface area contributed by atoms with E-state index in [0.29, 0.717) is 16.8 Å². The summed E-state index contributed by atoms with van der Waals surface area (Å²) in [6, 6.07) is 10.0. The lowest BCUT2D eigenvalue weighted by Crippen LogP contribution is -2.27. The van der Waals surface area contributed by atoms with E-state index in [1.807, 2.05) is 30.3 Å². The Morgan fingerprint density at radius 1 is 1.30 bits per heavy atom. The van der Waals surface area contributed by atoms with Crippen LogP contribution in [-0.2, 0) is 6.42 Å². The summed E-state index contributed by atoms with van der Waals surface area (Å²) in [6.45, 7) is 5.21. The molecule has 0 bridgehead atoms. The first-order valence-electron chi connectivity index (χ1n) is 6.80. The van der Waals surface area contributed by atoms with Crippen LogP contribution < -0.4 is 10.1 Å². The molecule has 0 spiro atoms. The van der Waals surface area contributed by atoms with Crippen LogP contribution in [0.15, 0.2) is 34.7 Å². The molecule has 0 aliphatic carbocycles. The third-order valence-corrected chi connectivity index (χ3v) is 3.47. The predicted molar refractivity (Wildman–Crippen MR) is 82.5 cm³/mol. The van der Waals surface area contributed by atoms with Gasteiger partial charge in [-0.15, -0.1) is 0 Å². The van der Waals surface area contributed by atoms with Crippen LogP contribution in [0.5, 0.6) is 5.75 Å². The number of halogens is 1. The Labute approximate surface area is 124 Å². The standard InChI is InChI=1S/C16H20ClNO2/c1-4-18-11(2)9-13-6-8-15(20-13)12-5-7-14(17)16(10-12)19-3/h5-8,10-11,18H,4,9H2,1-3H3. The number of hydrogen-bond acceptors (Lipinski definition) is 3. The van der Waals surface area contributed by atoms with Gasteiger partial charge in [-0.05, 0) is 43.8 Å². The van der Waals surface area contributed by atoms with Crippen molar-refractivity contribution in [2.45, 2.75) is 26.3 Å². The smallest absolute Gasteiger partial charge is 0.138 e. The Balaban J connectivity index is 2.16. The molecule has 2 aromatic rings. The maximum atomic E-state index is 6.03. The molecule has 20 heavy (non-hydrogen) atoms. The molecule has 1 aromatic carbocycles. The molecule has 0 aliphatic rings. The third-order valence-electron chi connectivity index (χ3n) is 3.16. The maximum absolute atomic E-state index is 6.03. The number of likely N-dealkylation sites (N-methyl/N-ethyl adjacent to an activating group) is 1. The van der Waals surface area contributed by atoms with Crippen molar-refractivity contribution >= 4 is 11.6 Å². The fourth-order valence-electron chi connectivity index (χ4n) is 2.18. The van der Waals surface area contributed by atoms with Crippen LogP contribution in [0.4, 0.5) is 0 Å². The average Bonchev–Trinajstić information content (AvgIpc) is 2.88. The number of furan rings is 1. The number of methoxy groups -OCH3 is 1. The first kappa shape index (κ1) is 14.9. The number of hydrogen-bond donors (Lipinski definition) is 1. The number of nitrogens with one attached hydrogen (secondary N) is 1. The lowest BCUT2D eigenvalue weighted by molar-refractivity contribution is 0.415. The Kier molecular flexibility index (Phi) is 5.10. The normalized spacial score (nSPS) is 12.4. The summed E-state index contributed by atoms with van der Waals surface area (Å²) in [5, 5.41) is 3.97. The lowest BCUT2D eigenvalue weighted by atomic mass is 10.1. The van der Waals surface area contributed by atoms with E-state index < -0.39 is 0 Å². The molecule has 2 rings (SSSR count). The van der Waals surface area contributed by atoms with Gasteiger partial charge < -0.3 is 14.5 Å². The number of ether oxygens (including phenoxy) is 1. The highest BCUT2D eigenvalue weighted by Crippen LogP contribution is 2.31. The van der Waals surface area contributed by atoms with Gasteiger partial charge in [-0.25, -0.2) is 0 Å². The van der Waals surface area contributed by atoms with Crippen LogP contribution in [0.2, 0.25) is 5.02 Å². The van der Waals surface area contributed by atoms with Crippen LogP contribution in [0.25, 0.3) is 11.3 Å². The van der Waals surface area contributed by atoms with Gasteiger partial charge in [-0.1, -0.05) is 18.5 Å². The summed E-state index contributed by atoms with van der Waals surface area (Å²) in [6.07, 6.45) is 0.874. The number of rotatable bonds is 6. The molecule has 0 radical (unpaired) electrons. The van der Waals surface area contributed by atoms with Crippen molar-refractivity contribution in [3.05, 3.63) is 41.1 Å². The Hall–Kier alpha value is -1.45. The second kappa shape index (κ2) is 6.82. The Morgan fingerprint density at radius 3 is 2.80 bits per heavy atom. The van der Waals surface area contributed by atoms with E-state index in [4.69, 9.17) is 20.8 Å². The fraction of sp³-hybridized carbons (Fsp3) is 0.375. The van der Waals surface area contributed by atoms with Crippen LogP contribution in [0.3, 0.4) is 0 Å².